The molecule has 23 heavy (non-hydrogen) atoms. The molecule has 0 N–H and O–H groups in total. The van der Waals surface area contributed by atoms with Crippen molar-refractivity contribution >= 4 is 22.3 Å². The Morgan fingerprint density at radius 2 is 2.35 bits per heavy atom. The molecule has 0 unspecified atom stereocenters. The van der Waals surface area contributed by atoms with Crippen LogP contribution >= 0.6 is 11.3 Å². The topological polar surface area (TPSA) is 76.8 Å². The number of hydrogen-bond donors (Lipinski definition) is 0. The fourth-order valence-corrected chi connectivity index (χ4v) is 3.85. The number of fused-ring (bicyclic) bond motifs is 1. The van der Waals surface area contributed by atoms with Gasteiger partial charge in [-0.1, -0.05) is 11.3 Å². The Balaban J connectivity index is 1.73. The lowest BCUT2D eigenvalue weighted by molar-refractivity contribution is -0.150. The quantitative estimate of drug-likeness (QED) is 0.782. The van der Waals surface area contributed by atoms with E-state index in [1.165, 1.54) is 21.9 Å². The van der Waals surface area contributed by atoms with E-state index in [1.807, 2.05) is 6.92 Å². The van der Waals surface area contributed by atoms with Crippen LogP contribution in [-0.4, -0.2) is 45.2 Å². The standard InChI is InChI=1S/C15H20N4O3S/c1-3-22-14(21)11-5-4-6-18(8-11)9-12-17-19-13(20)7-10(2)16-15(19)23-12/h7,11H,3-6,8-9H2,1-2H3/t11-/m1/s1. The second kappa shape index (κ2) is 6.76. The van der Waals surface area contributed by atoms with Crippen LogP contribution in [-0.2, 0) is 16.1 Å². The highest BCUT2D eigenvalue weighted by molar-refractivity contribution is 7.16. The van der Waals surface area contributed by atoms with E-state index < -0.39 is 0 Å². The molecule has 1 aliphatic heterocycles. The third-order valence-electron chi connectivity index (χ3n) is 3.90. The van der Waals surface area contributed by atoms with E-state index in [0.29, 0.717) is 30.4 Å². The van der Waals surface area contributed by atoms with E-state index in [1.54, 1.807) is 6.92 Å². The molecule has 1 aliphatic rings. The second-order valence-electron chi connectivity index (χ2n) is 5.75. The minimum atomic E-state index is -0.155. The zero-order valence-electron chi connectivity index (χ0n) is 13.3. The third-order valence-corrected chi connectivity index (χ3v) is 4.79. The Morgan fingerprint density at radius 3 is 3.13 bits per heavy atom. The highest BCUT2D eigenvalue weighted by Gasteiger charge is 2.27. The molecule has 2 aromatic rings. The van der Waals surface area contributed by atoms with Gasteiger partial charge in [-0.2, -0.15) is 9.61 Å². The Bertz CT molecular complexity index is 770. The number of carbonyl (C=O) groups is 1. The molecule has 0 bridgehead atoms. The largest absolute Gasteiger partial charge is 0.466 e. The van der Waals surface area contributed by atoms with Gasteiger partial charge in [0.25, 0.3) is 5.56 Å². The Kier molecular flexibility index (Phi) is 4.72. The van der Waals surface area contributed by atoms with Crippen molar-refractivity contribution in [1.82, 2.24) is 19.5 Å². The number of esters is 1. The number of carbonyl (C=O) groups excluding carboxylic acids is 1. The zero-order valence-corrected chi connectivity index (χ0v) is 14.1. The van der Waals surface area contributed by atoms with Gasteiger partial charge in [0.15, 0.2) is 0 Å². The zero-order chi connectivity index (χ0) is 16.4. The average molecular weight is 336 g/mol. The first-order valence-electron chi connectivity index (χ1n) is 7.82. The van der Waals surface area contributed by atoms with Gasteiger partial charge in [0.05, 0.1) is 19.1 Å². The lowest BCUT2D eigenvalue weighted by atomic mass is 9.98. The average Bonchev–Trinajstić information content (AvgIpc) is 2.90. The van der Waals surface area contributed by atoms with Crippen LogP contribution in [0.2, 0.25) is 0 Å². The van der Waals surface area contributed by atoms with Crippen LogP contribution in [0.5, 0.6) is 0 Å². The van der Waals surface area contributed by atoms with E-state index in [-0.39, 0.29) is 17.4 Å². The van der Waals surface area contributed by atoms with Crippen molar-refractivity contribution < 1.29 is 9.53 Å². The van der Waals surface area contributed by atoms with E-state index in [9.17, 15) is 9.59 Å². The first kappa shape index (κ1) is 16.1. The van der Waals surface area contributed by atoms with Gasteiger partial charge in [0.1, 0.15) is 5.01 Å². The van der Waals surface area contributed by atoms with Crippen molar-refractivity contribution in [2.75, 3.05) is 19.7 Å². The van der Waals surface area contributed by atoms with Gasteiger partial charge in [-0.05, 0) is 33.2 Å². The summed E-state index contributed by atoms with van der Waals surface area (Å²) in [4.78, 5) is 31.0. The Labute approximate surface area is 137 Å². The number of nitrogens with zero attached hydrogens (tertiary/aromatic N) is 4. The first-order chi connectivity index (χ1) is 11.1. The highest BCUT2D eigenvalue weighted by Crippen LogP contribution is 2.21. The lowest BCUT2D eigenvalue weighted by Gasteiger charge is -2.30. The molecule has 3 rings (SSSR count). The molecule has 124 valence electrons. The fourth-order valence-electron chi connectivity index (χ4n) is 2.87. The molecular weight excluding hydrogens is 316 g/mol. The summed E-state index contributed by atoms with van der Waals surface area (Å²) < 4.78 is 6.47. The predicted octanol–water partition coefficient (Wildman–Crippen LogP) is 1.23. The minimum absolute atomic E-state index is 0.0684. The van der Waals surface area contributed by atoms with Crippen LogP contribution in [0, 0.1) is 12.8 Å². The van der Waals surface area contributed by atoms with Gasteiger partial charge in [0.2, 0.25) is 4.96 Å². The SMILES string of the molecule is CCOC(=O)[C@@H]1CCCN(Cc2nn3c(=O)cc(C)nc3s2)C1. The van der Waals surface area contributed by atoms with Gasteiger partial charge >= 0.3 is 5.97 Å². The van der Waals surface area contributed by atoms with Gasteiger partial charge in [0, 0.05) is 18.3 Å². The van der Waals surface area contributed by atoms with Gasteiger partial charge < -0.3 is 4.74 Å². The molecule has 0 radical (unpaired) electrons. The second-order valence-corrected chi connectivity index (χ2v) is 6.79. The maximum atomic E-state index is 11.9. The fraction of sp³-hybridized carbons (Fsp3) is 0.600. The normalized spacial score (nSPS) is 19.1. The molecule has 1 saturated heterocycles. The van der Waals surface area contributed by atoms with E-state index in [4.69, 9.17) is 4.74 Å². The summed E-state index contributed by atoms with van der Waals surface area (Å²) in [7, 11) is 0. The lowest BCUT2D eigenvalue weighted by Crippen LogP contribution is -2.38. The summed E-state index contributed by atoms with van der Waals surface area (Å²) in [6.07, 6.45) is 1.83. The first-order valence-corrected chi connectivity index (χ1v) is 8.64. The number of hydrogen-bond acceptors (Lipinski definition) is 7. The van der Waals surface area contributed by atoms with Crippen molar-refractivity contribution in [1.29, 1.82) is 0 Å². The minimum Gasteiger partial charge on any atom is -0.466 e. The molecule has 3 heterocycles. The van der Waals surface area contributed by atoms with Crippen LogP contribution in [0.3, 0.4) is 0 Å². The van der Waals surface area contributed by atoms with Gasteiger partial charge in [-0.15, -0.1) is 0 Å². The maximum absolute atomic E-state index is 11.9. The van der Waals surface area contributed by atoms with E-state index >= 15 is 0 Å². The summed E-state index contributed by atoms with van der Waals surface area (Å²) in [5.74, 6) is -0.184. The molecular formula is C15H20N4O3S. The van der Waals surface area contributed by atoms with E-state index in [0.717, 1.165) is 24.4 Å². The molecule has 0 amide bonds. The summed E-state index contributed by atoms with van der Waals surface area (Å²) in [6.45, 7) is 6.27. The Morgan fingerprint density at radius 1 is 1.52 bits per heavy atom. The number of likely N-dealkylation sites (tertiary alicyclic amines) is 1. The van der Waals surface area contributed by atoms with Crippen molar-refractivity contribution in [3.8, 4) is 0 Å². The number of rotatable bonds is 4. The molecule has 1 fully saturated rings. The maximum Gasteiger partial charge on any atom is 0.310 e. The summed E-state index contributed by atoms with van der Waals surface area (Å²) >= 11 is 1.42. The third kappa shape index (κ3) is 3.59. The molecule has 1 atom stereocenters. The predicted molar refractivity (Wildman–Crippen MR) is 86.5 cm³/mol. The van der Waals surface area contributed by atoms with Crippen LogP contribution in [0.1, 0.15) is 30.5 Å². The molecule has 0 saturated carbocycles. The van der Waals surface area contributed by atoms with E-state index in [2.05, 4.69) is 15.0 Å². The van der Waals surface area contributed by atoms with Crippen molar-refractivity contribution in [2.24, 2.45) is 5.92 Å². The number of piperidine rings is 1. The molecule has 0 spiro atoms. The van der Waals surface area contributed by atoms with Crippen LogP contribution in [0.15, 0.2) is 10.9 Å². The monoisotopic (exact) mass is 336 g/mol. The number of aryl methyl sites for hydroxylation is 1. The van der Waals surface area contributed by atoms with Crippen LogP contribution < -0.4 is 5.56 Å². The van der Waals surface area contributed by atoms with Crippen molar-refractivity contribution in [3.63, 3.8) is 0 Å². The Hall–Kier alpha value is -1.80. The highest BCUT2D eigenvalue weighted by atomic mass is 32.1. The molecule has 8 heteroatoms. The van der Waals surface area contributed by atoms with Gasteiger partial charge in [-0.3, -0.25) is 14.5 Å². The number of aromatic nitrogens is 3. The van der Waals surface area contributed by atoms with Crippen molar-refractivity contribution in [2.45, 2.75) is 33.2 Å². The smallest absolute Gasteiger partial charge is 0.310 e. The summed E-state index contributed by atoms with van der Waals surface area (Å²) in [5, 5.41) is 5.19. The summed E-state index contributed by atoms with van der Waals surface area (Å²) in [5.41, 5.74) is 0.545. The molecule has 2 aromatic heterocycles. The molecule has 0 aromatic carbocycles. The molecule has 0 aliphatic carbocycles. The summed E-state index contributed by atoms with van der Waals surface area (Å²) in [6, 6.07) is 1.48. The van der Waals surface area contributed by atoms with Crippen LogP contribution in [0.25, 0.3) is 4.96 Å². The van der Waals surface area contributed by atoms with Crippen LogP contribution in [0.4, 0.5) is 0 Å². The van der Waals surface area contributed by atoms with Gasteiger partial charge in [-0.25, -0.2) is 4.98 Å². The molecule has 7 nitrogen and oxygen atoms in total. The van der Waals surface area contributed by atoms with Crippen molar-refractivity contribution in [3.05, 3.63) is 27.1 Å². The number of ether oxygens (including phenoxy) is 1.